The van der Waals surface area contributed by atoms with E-state index in [1.807, 2.05) is 28.7 Å². The van der Waals surface area contributed by atoms with Crippen molar-refractivity contribution in [1.29, 1.82) is 0 Å². The van der Waals surface area contributed by atoms with Crippen LogP contribution in [0.25, 0.3) is 0 Å². The van der Waals surface area contributed by atoms with E-state index in [1.54, 1.807) is 6.07 Å². The second-order valence-corrected chi connectivity index (χ2v) is 10.3. The second-order valence-electron chi connectivity index (χ2n) is 5.41. The van der Waals surface area contributed by atoms with Gasteiger partial charge >= 0.3 is 11.9 Å². The lowest BCUT2D eigenvalue weighted by atomic mass is 10.2. The summed E-state index contributed by atoms with van der Waals surface area (Å²) in [5, 5.41) is 11.1. The molecule has 0 spiro atoms. The number of nitrogens with zero attached hydrogens (tertiary/aromatic N) is 1. The first-order valence-electron chi connectivity index (χ1n) is 7.65. The Balaban J connectivity index is 2.03. The van der Waals surface area contributed by atoms with Gasteiger partial charge in [-0.05, 0) is 92.0 Å². The van der Waals surface area contributed by atoms with Gasteiger partial charge in [0.1, 0.15) is 28.9 Å². The van der Waals surface area contributed by atoms with E-state index >= 15 is 0 Å². The molecule has 0 aliphatic carbocycles. The van der Waals surface area contributed by atoms with Crippen molar-refractivity contribution >= 4 is 95.5 Å². The lowest BCUT2D eigenvalue weighted by molar-refractivity contribution is -0.385. The number of carbonyl (C=O) groups excluding carboxylic acids is 2. The van der Waals surface area contributed by atoms with Crippen LogP contribution in [0.2, 0.25) is 0 Å². The maximum Gasteiger partial charge on any atom is 0.345 e. The van der Waals surface area contributed by atoms with E-state index in [1.165, 1.54) is 0 Å². The van der Waals surface area contributed by atoms with Gasteiger partial charge in [-0.1, -0.05) is 0 Å². The fraction of sp³-hybridized carbons (Fsp3) is 0.125. The smallest absolute Gasteiger partial charge is 0.345 e. The molecular formula is C16H9I3NO9S-. The summed E-state index contributed by atoms with van der Waals surface area (Å²) in [4.78, 5) is 33.5. The van der Waals surface area contributed by atoms with E-state index in [2.05, 4.69) is 45.2 Å². The Morgan fingerprint density at radius 3 is 2.07 bits per heavy atom. The first kappa shape index (κ1) is 25.1. The number of hydrogen-bond donors (Lipinski definition) is 0. The third-order valence-electron chi connectivity index (χ3n) is 3.44. The zero-order valence-electron chi connectivity index (χ0n) is 14.5. The molecule has 0 saturated carbocycles. The van der Waals surface area contributed by atoms with Crippen molar-refractivity contribution in [2.75, 3.05) is 13.2 Å². The average molecular weight is 772 g/mol. The first-order valence-corrected chi connectivity index (χ1v) is 12.3. The molecule has 2 aromatic carbocycles. The lowest BCUT2D eigenvalue weighted by Crippen LogP contribution is -2.16. The molecule has 160 valence electrons. The van der Waals surface area contributed by atoms with E-state index in [0.29, 0.717) is 15.2 Å². The third kappa shape index (κ3) is 6.44. The highest BCUT2D eigenvalue weighted by Gasteiger charge is 2.23. The molecule has 0 heterocycles. The summed E-state index contributed by atoms with van der Waals surface area (Å²) in [6, 6.07) is 5.60. The number of esters is 2. The van der Waals surface area contributed by atoms with Gasteiger partial charge < -0.3 is 14.0 Å². The van der Waals surface area contributed by atoms with Crippen LogP contribution in [0, 0.1) is 20.8 Å². The highest BCUT2D eigenvalue weighted by molar-refractivity contribution is 14.1. The number of benzene rings is 2. The quantitative estimate of drug-likeness (QED) is 0.0785. The fourth-order valence-electron chi connectivity index (χ4n) is 2.12. The number of ether oxygens (including phenoxy) is 2. The van der Waals surface area contributed by atoms with Crippen LogP contribution in [0.1, 0.15) is 20.7 Å². The summed E-state index contributed by atoms with van der Waals surface area (Å²) in [5.41, 5.74) is -1.08. The van der Waals surface area contributed by atoms with Crippen LogP contribution in [-0.4, -0.2) is 43.0 Å². The molecule has 0 aliphatic rings. The first-order chi connectivity index (χ1) is 13.9. The highest BCUT2D eigenvalue weighted by atomic mass is 127. The van der Waals surface area contributed by atoms with Crippen molar-refractivity contribution in [2.45, 2.75) is 4.90 Å². The largest absolute Gasteiger partial charge is 0.744 e. The van der Waals surface area contributed by atoms with E-state index in [4.69, 9.17) is 9.47 Å². The normalized spacial score (nSPS) is 11.1. The Bertz CT molecular complexity index is 1140. The van der Waals surface area contributed by atoms with Gasteiger partial charge in [0.25, 0.3) is 5.69 Å². The summed E-state index contributed by atoms with van der Waals surface area (Å²) < 4.78 is 45.3. The van der Waals surface area contributed by atoms with Crippen LogP contribution in [0.4, 0.5) is 5.69 Å². The predicted molar refractivity (Wildman–Crippen MR) is 126 cm³/mol. The van der Waals surface area contributed by atoms with E-state index in [0.717, 1.165) is 19.3 Å². The molecule has 0 saturated heterocycles. The number of nitro benzene ring substituents is 1. The molecule has 0 fully saturated rings. The number of rotatable bonds is 7. The average Bonchev–Trinajstić information content (AvgIpc) is 2.66. The van der Waals surface area contributed by atoms with Crippen LogP contribution < -0.4 is 0 Å². The number of hydrogen-bond acceptors (Lipinski definition) is 9. The minimum atomic E-state index is -4.93. The minimum absolute atomic E-state index is 0.302. The molecule has 0 amide bonds. The third-order valence-corrected chi connectivity index (χ3v) is 7.94. The molecule has 0 aromatic heterocycles. The zero-order valence-corrected chi connectivity index (χ0v) is 21.8. The van der Waals surface area contributed by atoms with Gasteiger partial charge in [-0.15, -0.1) is 0 Å². The van der Waals surface area contributed by atoms with Crippen LogP contribution in [0.3, 0.4) is 0 Å². The zero-order chi connectivity index (χ0) is 22.6. The Kier molecular flexibility index (Phi) is 8.77. The summed E-state index contributed by atoms with van der Waals surface area (Å²) >= 11 is 6.15. The second kappa shape index (κ2) is 10.5. The Morgan fingerprint density at radius 2 is 1.53 bits per heavy atom. The minimum Gasteiger partial charge on any atom is -0.744 e. The fourth-order valence-corrected chi connectivity index (χ4v) is 4.99. The standard InChI is InChI=1S/C16H10I3NO9S/c17-8-5-11(14(19)12(18)6-8)16(22)29-4-3-28-15(21)10-2-1-9(30(25,26)27)7-13(10)20(23)24/h1-2,5-7H,3-4H2,(H,25,26,27)/p-1. The van der Waals surface area contributed by atoms with E-state index < -0.39 is 43.1 Å². The summed E-state index contributed by atoms with van der Waals surface area (Å²) in [6.45, 7) is -0.690. The maximum atomic E-state index is 12.2. The van der Waals surface area contributed by atoms with E-state index in [-0.39, 0.29) is 13.2 Å². The van der Waals surface area contributed by atoms with Crippen LogP contribution in [0.5, 0.6) is 0 Å². The van der Waals surface area contributed by atoms with Crippen LogP contribution in [-0.2, 0) is 19.6 Å². The van der Waals surface area contributed by atoms with Crippen molar-refractivity contribution in [1.82, 2.24) is 0 Å². The predicted octanol–water partition coefficient (Wildman–Crippen LogP) is 3.33. The number of nitro groups is 1. The molecule has 0 aliphatic heterocycles. The molecule has 0 bridgehead atoms. The SMILES string of the molecule is O=C(OCCOC(=O)c1cc(I)cc(I)c1I)c1ccc(S(=O)(=O)[O-])cc1[N+](=O)[O-]. The van der Waals surface area contributed by atoms with Gasteiger partial charge in [0, 0.05) is 16.8 Å². The van der Waals surface area contributed by atoms with Gasteiger partial charge in [-0.3, -0.25) is 10.1 Å². The summed E-state index contributed by atoms with van der Waals surface area (Å²) in [5.74, 6) is -1.76. The molecule has 10 nitrogen and oxygen atoms in total. The topological polar surface area (TPSA) is 153 Å². The lowest BCUT2D eigenvalue weighted by Gasteiger charge is -2.10. The molecule has 2 rings (SSSR count). The van der Waals surface area contributed by atoms with Crippen molar-refractivity contribution < 1.29 is 37.0 Å². The van der Waals surface area contributed by atoms with Gasteiger partial charge in [-0.25, -0.2) is 18.0 Å². The monoisotopic (exact) mass is 772 g/mol. The molecule has 2 aromatic rings. The molecule has 0 radical (unpaired) electrons. The highest BCUT2D eigenvalue weighted by Crippen LogP contribution is 2.25. The molecule has 14 heteroatoms. The van der Waals surface area contributed by atoms with Gasteiger partial charge in [0.2, 0.25) is 0 Å². The molecular weight excluding hydrogens is 763 g/mol. The van der Waals surface area contributed by atoms with E-state index in [9.17, 15) is 32.7 Å². The number of halogens is 3. The van der Waals surface area contributed by atoms with Crippen molar-refractivity contribution in [3.8, 4) is 0 Å². The van der Waals surface area contributed by atoms with Gasteiger partial charge in [0.15, 0.2) is 0 Å². The summed E-state index contributed by atoms with van der Waals surface area (Å²) in [6.07, 6.45) is 0. The van der Waals surface area contributed by atoms with Gasteiger partial charge in [0.05, 0.1) is 15.4 Å². The maximum absolute atomic E-state index is 12.2. The Morgan fingerprint density at radius 1 is 0.967 bits per heavy atom. The molecule has 0 atom stereocenters. The number of carbonyl (C=O) groups is 2. The van der Waals surface area contributed by atoms with Gasteiger partial charge in [-0.2, -0.15) is 0 Å². The van der Waals surface area contributed by atoms with Crippen molar-refractivity contribution in [3.63, 3.8) is 0 Å². The molecule has 0 N–H and O–H groups in total. The van der Waals surface area contributed by atoms with Crippen molar-refractivity contribution in [3.05, 3.63) is 62.3 Å². The van der Waals surface area contributed by atoms with Crippen LogP contribution >= 0.6 is 67.8 Å². The molecule has 30 heavy (non-hydrogen) atoms. The van der Waals surface area contributed by atoms with Crippen LogP contribution in [0.15, 0.2) is 35.2 Å². The van der Waals surface area contributed by atoms with Crippen molar-refractivity contribution in [2.24, 2.45) is 0 Å². The molecule has 0 unspecified atom stereocenters. The summed E-state index contributed by atoms with van der Waals surface area (Å²) in [7, 11) is -4.93. The Labute approximate surface area is 211 Å². The Hall–Kier alpha value is -1.12.